The van der Waals surface area contributed by atoms with Gasteiger partial charge in [0.1, 0.15) is 5.82 Å². The lowest BCUT2D eigenvalue weighted by Crippen LogP contribution is -2.24. The Hall–Kier alpha value is -2.76. The highest BCUT2D eigenvalue weighted by molar-refractivity contribution is 5.94. The lowest BCUT2D eigenvalue weighted by molar-refractivity contribution is 0.0950. The van der Waals surface area contributed by atoms with Crippen molar-refractivity contribution in [1.29, 1.82) is 0 Å². The number of nitrogens with two attached hydrogens (primary N) is 1. The lowest BCUT2D eigenvalue weighted by atomic mass is 10.1. The van der Waals surface area contributed by atoms with Crippen molar-refractivity contribution in [3.05, 3.63) is 47.7 Å². The molecule has 1 fully saturated rings. The molecule has 1 aliphatic carbocycles. The van der Waals surface area contributed by atoms with Crippen LogP contribution in [0.5, 0.6) is 11.5 Å². The van der Waals surface area contributed by atoms with Crippen LogP contribution in [0, 0.1) is 0 Å². The summed E-state index contributed by atoms with van der Waals surface area (Å²) in [5.41, 5.74) is 6.91. The number of anilines is 1. The summed E-state index contributed by atoms with van der Waals surface area (Å²) in [7, 11) is 1.62. The topological polar surface area (TPSA) is 86.5 Å². The van der Waals surface area contributed by atoms with E-state index in [9.17, 15) is 4.79 Å². The fraction of sp³-hybridized carbons (Fsp3) is 0.368. The smallest absolute Gasteiger partial charge is 0.253 e. The molecule has 0 saturated heterocycles. The van der Waals surface area contributed by atoms with Gasteiger partial charge in [-0.3, -0.25) is 4.79 Å². The van der Waals surface area contributed by atoms with Crippen molar-refractivity contribution in [2.45, 2.75) is 38.3 Å². The molecule has 0 unspecified atom stereocenters. The minimum Gasteiger partial charge on any atom is -0.493 e. The van der Waals surface area contributed by atoms with Gasteiger partial charge < -0.3 is 20.5 Å². The predicted octanol–water partition coefficient (Wildman–Crippen LogP) is 2.92. The van der Waals surface area contributed by atoms with Gasteiger partial charge in [0.15, 0.2) is 11.5 Å². The Morgan fingerprint density at radius 1 is 1.28 bits per heavy atom. The van der Waals surface area contributed by atoms with E-state index >= 15 is 0 Å². The number of benzene rings is 1. The maximum absolute atomic E-state index is 12.3. The first-order valence-electron chi connectivity index (χ1n) is 8.49. The molecule has 0 bridgehead atoms. The number of nitrogens with one attached hydrogen (secondary N) is 1. The van der Waals surface area contributed by atoms with Crippen LogP contribution in [0.1, 0.15) is 41.6 Å². The average molecular weight is 341 g/mol. The van der Waals surface area contributed by atoms with Crippen LogP contribution in [-0.4, -0.2) is 24.1 Å². The van der Waals surface area contributed by atoms with Crippen molar-refractivity contribution in [3.63, 3.8) is 0 Å². The van der Waals surface area contributed by atoms with E-state index in [0.29, 0.717) is 29.4 Å². The monoisotopic (exact) mass is 341 g/mol. The van der Waals surface area contributed by atoms with Gasteiger partial charge in [-0.1, -0.05) is 12.1 Å². The zero-order valence-corrected chi connectivity index (χ0v) is 14.3. The summed E-state index contributed by atoms with van der Waals surface area (Å²) in [5.74, 6) is 1.58. The van der Waals surface area contributed by atoms with Crippen LogP contribution in [0.15, 0.2) is 36.5 Å². The molecular weight excluding hydrogens is 318 g/mol. The van der Waals surface area contributed by atoms with Gasteiger partial charge >= 0.3 is 0 Å². The molecule has 1 heterocycles. The number of methoxy groups -OCH3 is 1. The number of nitrogen functional groups attached to an aromatic ring is 1. The first kappa shape index (κ1) is 17.1. The first-order chi connectivity index (χ1) is 12.2. The molecule has 25 heavy (non-hydrogen) atoms. The number of ether oxygens (including phenoxy) is 2. The number of aromatic nitrogens is 1. The lowest BCUT2D eigenvalue weighted by Gasteiger charge is -2.19. The van der Waals surface area contributed by atoms with Gasteiger partial charge in [0.25, 0.3) is 5.91 Å². The zero-order valence-electron chi connectivity index (χ0n) is 14.3. The number of para-hydroxylation sites is 1. The Bertz CT molecular complexity index is 725. The second kappa shape index (κ2) is 7.88. The van der Waals surface area contributed by atoms with Crippen LogP contribution in [0.3, 0.4) is 0 Å². The Morgan fingerprint density at radius 2 is 2.08 bits per heavy atom. The van der Waals surface area contributed by atoms with E-state index in [4.69, 9.17) is 15.2 Å². The van der Waals surface area contributed by atoms with Crippen molar-refractivity contribution in [2.75, 3.05) is 12.8 Å². The molecule has 1 aliphatic rings. The molecule has 0 atom stereocenters. The van der Waals surface area contributed by atoms with Gasteiger partial charge in [-0.15, -0.1) is 0 Å². The van der Waals surface area contributed by atoms with Crippen LogP contribution >= 0.6 is 0 Å². The van der Waals surface area contributed by atoms with Crippen molar-refractivity contribution >= 4 is 11.7 Å². The number of nitrogens with zero attached hydrogens (tertiary/aromatic N) is 1. The standard InChI is InChI=1S/C19H23N3O3/c1-24-16-8-4-5-13(18(16)25-15-6-2-3-7-15)11-22-19(23)14-9-10-17(20)21-12-14/h4-5,8-10,12,15H,2-3,6-7,11H2,1H3,(H2,20,21)(H,22,23). The Kier molecular flexibility index (Phi) is 5.38. The molecule has 0 aliphatic heterocycles. The summed E-state index contributed by atoms with van der Waals surface area (Å²) in [6.45, 7) is 0.350. The van der Waals surface area contributed by atoms with Crippen molar-refractivity contribution in [2.24, 2.45) is 0 Å². The number of rotatable bonds is 6. The van der Waals surface area contributed by atoms with E-state index in [1.165, 1.54) is 19.0 Å². The second-order valence-corrected chi connectivity index (χ2v) is 6.13. The minimum atomic E-state index is -0.206. The molecule has 6 heteroatoms. The fourth-order valence-corrected chi connectivity index (χ4v) is 2.99. The molecule has 1 aromatic heterocycles. The summed E-state index contributed by atoms with van der Waals surface area (Å²) in [6.07, 6.45) is 6.17. The summed E-state index contributed by atoms with van der Waals surface area (Å²) in [6, 6.07) is 8.97. The Labute approximate surface area is 147 Å². The van der Waals surface area contributed by atoms with Crippen LogP contribution in [-0.2, 0) is 6.54 Å². The molecule has 0 radical (unpaired) electrons. The Morgan fingerprint density at radius 3 is 2.76 bits per heavy atom. The quantitative estimate of drug-likeness (QED) is 0.843. The maximum atomic E-state index is 12.3. The highest BCUT2D eigenvalue weighted by Gasteiger charge is 2.20. The zero-order chi connectivity index (χ0) is 17.6. The molecule has 2 aromatic rings. The van der Waals surface area contributed by atoms with Gasteiger partial charge in [-0.05, 0) is 43.9 Å². The van der Waals surface area contributed by atoms with Crippen molar-refractivity contribution in [3.8, 4) is 11.5 Å². The van der Waals surface area contributed by atoms with Crippen LogP contribution in [0.4, 0.5) is 5.82 Å². The molecule has 0 spiro atoms. The molecule has 3 rings (SSSR count). The van der Waals surface area contributed by atoms with E-state index < -0.39 is 0 Å². The number of carbonyl (C=O) groups excluding carboxylic acids is 1. The van der Waals surface area contributed by atoms with Crippen molar-refractivity contribution < 1.29 is 14.3 Å². The highest BCUT2D eigenvalue weighted by Crippen LogP contribution is 2.34. The number of hydrogen-bond donors (Lipinski definition) is 2. The third kappa shape index (κ3) is 4.21. The number of carbonyl (C=O) groups is 1. The average Bonchev–Trinajstić information content (AvgIpc) is 3.14. The maximum Gasteiger partial charge on any atom is 0.253 e. The minimum absolute atomic E-state index is 0.206. The molecule has 3 N–H and O–H groups in total. The summed E-state index contributed by atoms with van der Waals surface area (Å²) in [5, 5.41) is 2.90. The van der Waals surface area contributed by atoms with Gasteiger partial charge in [0.2, 0.25) is 0 Å². The van der Waals surface area contributed by atoms with Gasteiger partial charge in [0.05, 0.1) is 18.8 Å². The number of hydrogen-bond acceptors (Lipinski definition) is 5. The predicted molar refractivity (Wildman–Crippen MR) is 95.7 cm³/mol. The van der Waals surface area contributed by atoms with Gasteiger partial charge in [-0.25, -0.2) is 4.98 Å². The number of amides is 1. The third-order valence-corrected chi connectivity index (χ3v) is 4.36. The number of pyridine rings is 1. The van der Waals surface area contributed by atoms with E-state index in [1.54, 1.807) is 19.2 Å². The van der Waals surface area contributed by atoms with Crippen LogP contribution in [0.25, 0.3) is 0 Å². The third-order valence-electron chi connectivity index (χ3n) is 4.36. The van der Waals surface area contributed by atoms with E-state index in [1.807, 2.05) is 18.2 Å². The van der Waals surface area contributed by atoms with E-state index in [2.05, 4.69) is 10.3 Å². The van der Waals surface area contributed by atoms with Gasteiger partial charge in [0, 0.05) is 18.3 Å². The second-order valence-electron chi connectivity index (χ2n) is 6.13. The van der Waals surface area contributed by atoms with Crippen LogP contribution < -0.4 is 20.5 Å². The van der Waals surface area contributed by atoms with Gasteiger partial charge in [-0.2, -0.15) is 0 Å². The highest BCUT2D eigenvalue weighted by atomic mass is 16.5. The SMILES string of the molecule is COc1cccc(CNC(=O)c2ccc(N)nc2)c1OC1CCCC1. The normalized spacial score (nSPS) is 14.3. The van der Waals surface area contributed by atoms with E-state index in [0.717, 1.165) is 18.4 Å². The molecule has 1 saturated carbocycles. The Balaban J connectivity index is 1.72. The fourth-order valence-electron chi connectivity index (χ4n) is 2.99. The van der Waals surface area contributed by atoms with Crippen LogP contribution in [0.2, 0.25) is 0 Å². The molecular formula is C19H23N3O3. The molecule has 132 valence electrons. The van der Waals surface area contributed by atoms with Crippen molar-refractivity contribution in [1.82, 2.24) is 10.3 Å². The molecule has 1 amide bonds. The summed E-state index contributed by atoms with van der Waals surface area (Å²) < 4.78 is 11.6. The van der Waals surface area contributed by atoms with E-state index in [-0.39, 0.29) is 12.0 Å². The molecule has 6 nitrogen and oxygen atoms in total. The summed E-state index contributed by atoms with van der Waals surface area (Å²) in [4.78, 5) is 16.2. The molecule has 1 aromatic carbocycles. The largest absolute Gasteiger partial charge is 0.493 e. The first-order valence-corrected chi connectivity index (χ1v) is 8.49. The summed E-state index contributed by atoms with van der Waals surface area (Å²) >= 11 is 0.